The van der Waals surface area contributed by atoms with Gasteiger partial charge in [-0.25, -0.2) is 9.97 Å². The van der Waals surface area contributed by atoms with Crippen LogP contribution in [-0.4, -0.2) is 56.4 Å². The van der Waals surface area contributed by atoms with Crippen molar-refractivity contribution in [2.45, 2.75) is 46.2 Å². The Morgan fingerprint density at radius 3 is 2.59 bits per heavy atom. The van der Waals surface area contributed by atoms with Gasteiger partial charge in [0.1, 0.15) is 11.6 Å². The molecule has 234 valence electrons. The van der Waals surface area contributed by atoms with Crippen molar-refractivity contribution in [2.24, 2.45) is 7.05 Å². The van der Waals surface area contributed by atoms with Crippen LogP contribution in [0.25, 0.3) is 33.7 Å². The van der Waals surface area contributed by atoms with Gasteiger partial charge in [-0.05, 0) is 80.4 Å². The monoisotopic (exact) mass is 633 g/mol. The average Bonchev–Trinajstić information content (AvgIpc) is 3.81. The zero-order valence-corrected chi connectivity index (χ0v) is 27.1. The molecule has 4 heterocycles. The Labute approximate surface area is 273 Å². The number of nitrogens with one attached hydrogen (secondary N) is 1. The molecule has 0 bridgehead atoms. The third kappa shape index (κ3) is 5.47. The number of likely N-dealkylation sites (tertiary alicyclic amines) is 1. The molecule has 1 N–H and O–H groups in total. The molecule has 0 unspecified atom stereocenters. The fraction of sp³-hybridized carbons (Fsp3) is 0.333. The van der Waals surface area contributed by atoms with Gasteiger partial charge in [0.15, 0.2) is 11.4 Å². The lowest BCUT2D eigenvalue weighted by molar-refractivity contribution is 0.101. The number of hydrogen-bond acceptors (Lipinski definition) is 7. The van der Waals surface area contributed by atoms with Crippen LogP contribution >= 0.6 is 11.6 Å². The maximum atomic E-state index is 13.5. The van der Waals surface area contributed by atoms with E-state index in [9.17, 15) is 10.1 Å². The van der Waals surface area contributed by atoms with Crippen LogP contribution in [0.4, 0.5) is 5.69 Å². The average molecular weight is 634 g/mol. The summed E-state index contributed by atoms with van der Waals surface area (Å²) in [6.45, 7) is 9.74. The van der Waals surface area contributed by atoms with Crippen molar-refractivity contribution in [1.29, 1.82) is 5.26 Å². The summed E-state index contributed by atoms with van der Waals surface area (Å²) in [4.78, 5) is 27.7. The van der Waals surface area contributed by atoms with Crippen molar-refractivity contribution in [3.63, 3.8) is 0 Å². The number of carbonyl (C=O) groups is 1. The highest BCUT2D eigenvalue weighted by atomic mass is 35.5. The molecule has 10 heteroatoms. The smallest absolute Gasteiger partial charge is 0.291 e. The first-order valence-corrected chi connectivity index (χ1v) is 16.2. The van der Waals surface area contributed by atoms with Gasteiger partial charge < -0.3 is 14.3 Å². The van der Waals surface area contributed by atoms with E-state index < -0.39 is 0 Å². The third-order valence-corrected chi connectivity index (χ3v) is 9.77. The van der Waals surface area contributed by atoms with Gasteiger partial charge in [-0.1, -0.05) is 42.8 Å². The highest BCUT2D eigenvalue weighted by Gasteiger charge is 2.26. The lowest BCUT2D eigenvalue weighted by atomic mass is 9.96. The summed E-state index contributed by atoms with van der Waals surface area (Å²) in [6.07, 6.45) is 3.28. The van der Waals surface area contributed by atoms with E-state index in [0.717, 1.165) is 84.9 Å². The maximum Gasteiger partial charge on any atom is 0.291 e. The Hall–Kier alpha value is -4.49. The van der Waals surface area contributed by atoms with Gasteiger partial charge in [0, 0.05) is 49.9 Å². The quantitative estimate of drug-likeness (QED) is 0.207. The molecule has 0 aliphatic carbocycles. The van der Waals surface area contributed by atoms with E-state index >= 15 is 0 Å². The van der Waals surface area contributed by atoms with Gasteiger partial charge in [0.25, 0.3) is 5.91 Å². The largest absolute Gasteiger partial charge is 0.435 e. The molecule has 0 radical (unpaired) electrons. The Balaban J connectivity index is 1.18. The van der Waals surface area contributed by atoms with Gasteiger partial charge in [0.05, 0.1) is 22.0 Å². The molecular weight excluding hydrogens is 598 g/mol. The minimum atomic E-state index is -0.298. The first kappa shape index (κ1) is 30.2. The van der Waals surface area contributed by atoms with Crippen LogP contribution in [0.5, 0.6) is 0 Å². The first-order valence-electron chi connectivity index (χ1n) is 15.9. The highest BCUT2D eigenvalue weighted by molar-refractivity contribution is 6.36. The minimum Gasteiger partial charge on any atom is -0.435 e. The molecule has 2 aliphatic heterocycles. The fourth-order valence-corrected chi connectivity index (χ4v) is 7.08. The summed E-state index contributed by atoms with van der Waals surface area (Å²) < 4.78 is 8.14. The molecule has 2 aromatic heterocycles. The number of oxazole rings is 1. The van der Waals surface area contributed by atoms with Gasteiger partial charge in [0.2, 0.25) is 5.89 Å². The first-order chi connectivity index (χ1) is 22.3. The number of aromatic nitrogens is 3. The minimum absolute atomic E-state index is 0.298. The van der Waals surface area contributed by atoms with E-state index in [1.54, 1.807) is 6.07 Å². The summed E-state index contributed by atoms with van der Waals surface area (Å²) in [7, 11) is 1.90. The van der Waals surface area contributed by atoms with E-state index in [1.165, 1.54) is 12.8 Å². The fourth-order valence-electron chi connectivity index (χ4n) is 6.81. The van der Waals surface area contributed by atoms with Gasteiger partial charge in [-0.3, -0.25) is 14.6 Å². The number of fused-ring (bicyclic) bond motifs is 2. The predicted molar refractivity (Wildman–Crippen MR) is 180 cm³/mol. The van der Waals surface area contributed by atoms with Crippen molar-refractivity contribution in [3.05, 3.63) is 87.5 Å². The summed E-state index contributed by atoms with van der Waals surface area (Å²) >= 11 is 6.99. The van der Waals surface area contributed by atoms with Crippen molar-refractivity contribution in [2.75, 3.05) is 31.5 Å². The van der Waals surface area contributed by atoms with Crippen LogP contribution in [0, 0.1) is 18.3 Å². The number of nitriles is 1. The van der Waals surface area contributed by atoms with Gasteiger partial charge in [-0.2, -0.15) is 5.26 Å². The normalized spacial score (nSPS) is 15.3. The van der Waals surface area contributed by atoms with Crippen LogP contribution < -0.4 is 5.32 Å². The van der Waals surface area contributed by atoms with E-state index in [1.807, 2.05) is 61.0 Å². The molecule has 1 amide bonds. The van der Waals surface area contributed by atoms with Crippen LogP contribution in [0.2, 0.25) is 5.02 Å². The summed E-state index contributed by atoms with van der Waals surface area (Å²) in [5, 5.41) is 13.4. The number of halogens is 1. The Bertz CT molecular complexity index is 2020. The van der Waals surface area contributed by atoms with Crippen LogP contribution in [0.3, 0.4) is 0 Å². The van der Waals surface area contributed by atoms with E-state index in [2.05, 4.69) is 28.1 Å². The molecule has 3 aromatic carbocycles. The number of imidazole rings is 1. The van der Waals surface area contributed by atoms with Crippen LogP contribution in [0.1, 0.15) is 58.5 Å². The van der Waals surface area contributed by atoms with E-state index in [4.69, 9.17) is 26.0 Å². The highest BCUT2D eigenvalue weighted by Crippen LogP contribution is 2.39. The summed E-state index contributed by atoms with van der Waals surface area (Å²) in [5.74, 6) is 0.525. The van der Waals surface area contributed by atoms with Gasteiger partial charge in [-0.15, -0.1) is 0 Å². The second-order valence-electron chi connectivity index (χ2n) is 12.2. The zero-order valence-electron chi connectivity index (χ0n) is 26.4. The summed E-state index contributed by atoms with van der Waals surface area (Å²) in [5.41, 5.74) is 8.69. The number of rotatable bonds is 7. The number of benzene rings is 3. The topological polar surface area (TPSA) is 103 Å². The Morgan fingerprint density at radius 2 is 1.80 bits per heavy atom. The SMILES string of the molecule is CCN1CCc2c(nc(C(=O)Nc3cccc(-c4cccc(-c5nc6cc(CN7CCCC7)cc(C#N)c6o5)c4C)c3Cl)n2C)C1. The molecular formula is C36H36ClN7O2. The lowest BCUT2D eigenvalue weighted by Gasteiger charge is -2.24. The van der Waals surface area contributed by atoms with Crippen molar-refractivity contribution < 1.29 is 9.21 Å². The molecule has 46 heavy (non-hydrogen) atoms. The number of carbonyl (C=O) groups excluding carboxylic acids is 1. The molecule has 0 spiro atoms. The molecule has 7 rings (SSSR count). The summed E-state index contributed by atoms with van der Waals surface area (Å²) in [6, 6.07) is 17.8. The number of likely N-dealkylation sites (N-methyl/N-ethyl adjacent to an activating group) is 1. The van der Waals surface area contributed by atoms with Gasteiger partial charge >= 0.3 is 0 Å². The van der Waals surface area contributed by atoms with E-state index in [-0.39, 0.29) is 5.91 Å². The molecule has 1 fully saturated rings. The number of nitrogens with zero attached hydrogens (tertiary/aromatic N) is 6. The van der Waals surface area contributed by atoms with Crippen LogP contribution in [0.15, 0.2) is 52.9 Å². The number of amides is 1. The van der Waals surface area contributed by atoms with Crippen molar-refractivity contribution in [3.8, 4) is 28.7 Å². The number of hydrogen-bond donors (Lipinski definition) is 1. The third-order valence-electron chi connectivity index (χ3n) is 9.36. The lowest BCUT2D eigenvalue weighted by Crippen LogP contribution is -2.30. The Morgan fingerprint density at radius 1 is 1.04 bits per heavy atom. The number of anilines is 1. The molecule has 0 atom stereocenters. The standard InChI is InChI=1S/C36H36ClN7O2/c1-4-43-16-13-31-30(21-43)39-34(42(31)3)35(45)40-28-12-8-11-27(32(28)37)25-9-7-10-26(22(25)2)36-41-29-18-23(20-44-14-5-6-15-44)17-24(19-38)33(29)46-36/h7-12,17-18H,4-6,13-16,20-21H2,1-3H3,(H,40,45). The maximum absolute atomic E-state index is 13.5. The second kappa shape index (κ2) is 12.4. The van der Waals surface area contributed by atoms with Crippen molar-refractivity contribution in [1.82, 2.24) is 24.3 Å². The van der Waals surface area contributed by atoms with E-state index in [0.29, 0.717) is 39.1 Å². The molecule has 9 nitrogen and oxygen atoms in total. The molecule has 0 saturated carbocycles. The Kier molecular flexibility index (Phi) is 8.11. The molecule has 2 aliphatic rings. The molecule has 5 aromatic rings. The predicted octanol–water partition coefficient (Wildman–Crippen LogP) is 6.95. The van der Waals surface area contributed by atoms with Crippen LogP contribution in [-0.2, 0) is 26.6 Å². The second-order valence-corrected chi connectivity index (χ2v) is 12.6. The molecule has 1 saturated heterocycles. The van der Waals surface area contributed by atoms with Crippen molar-refractivity contribution >= 4 is 34.3 Å². The zero-order chi connectivity index (χ0) is 31.9.